The molecule has 88 valence electrons. The van der Waals surface area contributed by atoms with Crippen molar-refractivity contribution in [1.29, 1.82) is 0 Å². The standard InChI is InChI=1S/C12H16BrNO2/c1-8-6-9(15)4-5-10(8)11(16)14-12(2,3)7-13/h4-6,15H,7H2,1-3H3,(H,14,16). The highest BCUT2D eigenvalue weighted by atomic mass is 79.9. The summed E-state index contributed by atoms with van der Waals surface area (Å²) >= 11 is 3.35. The number of hydrogen-bond acceptors (Lipinski definition) is 2. The molecule has 0 bridgehead atoms. The largest absolute Gasteiger partial charge is 0.508 e. The Labute approximate surface area is 104 Å². The van der Waals surface area contributed by atoms with Crippen LogP contribution < -0.4 is 5.32 Å². The van der Waals surface area contributed by atoms with E-state index in [1.807, 2.05) is 13.8 Å². The molecule has 0 radical (unpaired) electrons. The second kappa shape index (κ2) is 4.87. The number of carbonyl (C=O) groups excluding carboxylic acids is 1. The van der Waals surface area contributed by atoms with Crippen LogP contribution in [0.3, 0.4) is 0 Å². The lowest BCUT2D eigenvalue weighted by molar-refractivity contribution is 0.0920. The van der Waals surface area contributed by atoms with Gasteiger partial charge < -0.3 is 10.4 Å². The van der Waals surface area contributed by atoms with Crippen LogP contribution >= 0.6 is 15.9 Å². The molecule has 0 spiro atoms. The average molecular weight is 286 g/mol. The number of carbonyl (C=O) groups is 1. The van der Waals surface area contributed by atoms with Crippen molar-refractivity contribution in [2.75, 3.05) is 5.33 Å². The number of benzene rings is 1. The maximum absolute atomic E-state index is 11.9. The fraction of sp³-hybridized carbons (Fsp3) is 0.417. The monoisotopic (exact) mass is 285 g/mol. The van der Waals surface area contributed by atoms with E-state index in [-0.39, 0.29) is 17.2 Å². The number of amides is 1. The summed E-state index contributed by atoms with van der Waals surface area (Å²) in [5, 5.41) is 12.9. The van der Waals surface area contributed by atoms with Crippen molar-refractivity contribution < 1.29 is 9.90 Å². The molecule has 0 aliphatic carbocycles. The summed E-state index contributed by atoms with van der Waals surface area (Å²) in [5.41, 5.74) is 1.07. The first kappa shape index (κ1) is 13.0. The van der Waals surface area contributed by atoms with E-state index in [9.17, 15) is 9.90 Å². The molecular formula is C12H16BrNO2. The van der Waals surface area contributed by atoms with Crippen LogP contribution in [0, 0.1) is 6.92 Å². The van der Waals surface area contributed by atoms with Gasteiger partial charge in [0, 0.05) is 16.4 Å². The number of phenols is 1. The summed E-state index contributed by atoms with van der Waals surface area (Å²) in [6, 6.07) is 4.73. The highest BCUT2D eigenvalue weighted by Gasteiger charge is 2.20. The van der Waals surface area contributed by atoms with Crippen molar-refractivity contribution in [3.63, 3.8) is 0 Å². The van der Waals surface area contributed by atoms with Gasteiger partial charge in [-0.15, -0.1) is 0 Å². The third kappa shape index (κ3) is 3.23. The molecule has 1 aromatic rings. The van der Waals surface area contributed by atoms with Gasteiger partial charge in [-0.3, -0.25) is 4.79 Å². The van der Waals surface area contributed by atoms with E-state index in [1.165, 1.54) is 6.07 Å². The zero-order chi connectivity index (χ0) is 12.3. The Balaban J connectivity index is 2.89. The number of aryl methyl sites for hydroxylation is 1. The lowest BCUT2D eigenvalue weighted by Gasteiger charge is -2.24. The second-order valence-electron chi connectivity index (χ2n) is 4.47. The Morgan fingerprint density at radius 3 is 2.62 bits per heavy atom. The summed E-state index contributed by atoms with van der Waals surface area (Å²) in [5.74, 6) is 0.0516. The molecule has 0 saturated heterocycles. The molecule has 0 aliphatic rings. The molecule has 1 rings (SSSR count). The first-order valence-corrected chi connectivity index (χ1v) is 6.16. The van der Waals surface area contributed by atoms with Crippen LogP contribution in [-0.4, -0.2) is 21.9 Å². The van der Waals surface area contributed by atoms with E-state index in [4.69, 9.17) is 0 Å². The molecule has 0 unspecified atom stereocenters. The van der Waals surface area contributed by atoms with Gasteiger partial charge in [0.25, 0.3) is 5.91 Å². The number of aromatic hydroxyl groups is 1. The van der Waals surface area contributed by atoms with Gasteiger partial charge in [-0.05, 0) is 44.5 Å². The second-order valence-corrected chi connectivity index (χ2v) is 5.03. The Morgan fingerprint density at radius 1 is 1.50 bits per heavy atom. The first-order chi connectivity index (χ1) is 7.35. The van der Waals surface area contributed by atoms with Crippen molar-refractivity contribution in [1.82, 2.24) is 5.32 Å². The Bertz CT molecular complexity index is 402. The van der Waals surface area contributed by atoms with Crippen LogP contribution in [0.25, 0.3) is 0 Å². The van der Waals surface area contributed by atoms with Gasteiger partial charge in [-0.1, -0.05) is 15.9 Å². The van der Waals surface area contributed by atoms with Gasteiger partial charge in [0.05, 0.1) is 0 Å². The summed E-state index contributed by atoms with van der Waals surface area (Å²) in [6.45, 7) is 5.68. The predicted octanol–water partition coefficient (Wildman–Crippen LogP) is 2.60. The Kier molecular flexibility index (Phi) is 3.97. The number of alkyl halides is 1. The molecule has 0 fully saturated rings. The van der Waals surface area contributed by atoms with Crippen LogP contribution in [-0.2, 0) is 0 Å². The Morgan fingerprint density at radius 2 is 2.12 bits per heavy atom. The van der Waals surface area contributed by atoms with Gasteiger partial charge in [-0.25, -0.2) is 0 Å². The molecule has 16 heavy (non-hydrogen) atoms. The van der Waals surface area contributed by atoms with Crippen molar-refractivity contribution in [2.24, 2.45) is 0 Å². The zero-order valence-electron chi connectivity index (χ0n) is 9.67. The number of rotatable bonds is 3. The minimum absolute atomic E-state index is 0.123. The summed E-state index contributed by atoms with van der Waals surface area (Å²) in [4.78, 5) is 11.9. The van der Waals surface area contributed by atoms with Crippen molar-refractivity contribution >= 4 is 21.8 Å². The average Bonchev–Trinajstić information content (AvgIpc) is 2.16. The van der Waals surface area contributed by atoms with Crippen molar-refractivity contribution in [2.45, 2.75) is 26.3 Å². The molecule has 0 saturated carbocycles. The lowest BCUT2D eigenvalue weighted by Crippen LogP contribution is -2.44. The predicted molar refractivity (Wildman–Crippen MR) is 68.2 cm³/mol. The molecule has 3 nitrogen and oxygen atoms in total. The molecule has 0 atom stereocenters. The topological polar surface area (TPSA) is 49.3 Å². The lowest BCUT2D eigenvalue weighted by atomic mass is 10.0. The van der Waals surface area contributed by atoms with Gasteiger partial charge in [0.15, 0.2) is 0 Å². The van der Waals surface area contributed by atoms with E-state index in [0.29, 0.717) is 10.9 Å². The van der Waals surface area contributed by atoms with Gasteiger partial charge in [0.1, 0.15) is 5.75 Å². The van der Waals surface area contributed by atoms with Crippen LogP contribution in [0.4, 0.5) is 0 Å². The fourth-order valence-electron chi connectivity index (χ4n) is 1.31. The SMILES string of the molecule is Cc1cc(O)ccc1C(=O)NC(C)(C)CBr. The van der Waals surface area contributed by atoms with Gasteiger partial charge >= 0.3 is 0 Å². The third-order valence-electron chi connectivity index (χ3n) is 2.24. The summed E-state index contributed by atoms with van der Waals surface area (Å²) in [7, 11) is 0. The van der Waals surface area contributed by atoms with Crippen LogP contribution in [0.2, 0.25) is 0 Å². The highest BCUT2D eigenvalue weighted by Crippen LogP contribution is 2.16. The van der Waals surface area contributed by atoms with Crippen LogP contribution in [0.5, 0.6) is 5.75 Å². The van der Waals surface area contributed by atoms with Crippen molar-refractivity contribution in [3.05, 3.63) is 29.3 Å². The quantitative estimate of drug-likeness (QED) is 0.839. The maximum atomic E-state index is 11.9. The zero-order valence-corrected chi connectivity index (χ0v) is 11.3. The molecule has 1 amide bonds. The molecule has 0 heterocycles. The maximum Gasteiger partial charge on any atom is 0.251 e. The third-order valence-corrected chi connectivity index (χ3v) is 3.64. The highest BCUT2D eigenvalue weighted by molar-refractivity contribution is 9.09. The number of nitrogens with one attached hydrogen (secondary N) is 1. The van der Waals surface area contributed by atoms with E-state index >= 15 is 0 Å². The molecule has 1 aromatic carbocycles. The molecular weight excluding hydrogens is 270 g/mol. The number of hydrogen-bond donors (Lipinski definition) is 2. The van der Waals surface area contributed by atoms with Crippen LogP contribution in [0.1, 0.15) is 29.8 Å². The Hall–Kier alpha value is -1.03. The van der Waals surface area contributed by atoms with Crippen molar-refractivity contribution in [3.8, 4) is 5.75 Å². The van der Waals surface area contributed by atoms with E-state index in [1.54, 1.807) is 19.1 Å². The molecule has 4 heteroatoms. The smallest absolute Gasteiger partial charge is 0.251 e. The molecule has 2 N–H and O–H groups in total. The minimum atomic E-state index is -0.290. The summed E-state index contributed by atoms with van der Waals surface area (Å²) < 4.78 is 0. The van der Waals surface area contributed by atoms with Gasteiger partial charge in [-0.2, -0.15) is 0 Å². The van der Waals surface area contributed by atoms with E-state index in [0.717, 1.165) is 5.56 Å². The number of halogens is 1. The van der Waals surface area contributed by atoms with Gasteiger partial charge in [0.2, 0.25) is 0 Å². The number of phenolic OH excluding ortho intramolecular Hbond substituents is 1. The van der Waals surface area contributed by atoms with E-state index in [2.05, 4.69) is 21.2 Å². The minimum Gasteiger partial charge on any atom is -0.508 e. The molecule has 0 aromatic heterocycles. The molecule has 0 aliphatic heterocycles. The fourth-order valence-corrected chi connectivity index (χ4v) is 1.45. The first-order valence-electron chi connectivity index (χ1n) is 5.04. The normalized spacial score (nSPS) is 11.2. The van der Waals surface area contributed by atoms with Crippen LogP contribution in [0.15, 0.2) is 18.2 Å². The summed E-state index contributed by atoms with van der Waals surface area (Å²) in [6.07, 6.45) is 0. The van der Waals surface area contributed by atoms with E-state index < -0.39 is 0 Å².